The van der Waals surface area contributed by atoms with Crippen LogP contribution in [-0.4, -0.2) is 10.9 Å². The first kappa shape index (κ1) is 15.0. The molecule has 0 aromatic heterocycles. The Balaban J connectivity index is 1.62. The number of hydrogen-bond donors (Lipinski definition) is 1. The van der Waals surface area contributed by atoms with Gasteiger partial charge in [-0.05, 0) is 98.2 Å². The molecule has 0 saturated heterocycles. The van der Waals surface area contributed by atoms with Crippen LogP contribution in [-0.2, 0) is 0 Å². The average Bonchev–Trinajstić information content (AvgIpc) is 2.82. The van der Waals surface area contributed by atoms with Crippen LogP contribution in [0.1, 0.15) is 78.6 Å². The van der Waals surface area contributed by atoms with Crippen molar-refractivity contribution in [2.75, 3.05) is 0 Å². The van der Waals surface area contributed by atoms with Crippen LogP contribution < -0.4 is 0 Å². The van der Waals surface area contributed by atoms with E-state index >= 15 is 0 Å². The molecular weight excluding hydrogens is 270 g/mol. The summed E-state index contributed by atoms with van der Waals surface area (Å²) in [4.78, 5) is 0. The Kier molecular flexibility index (Phi) is 3.40. The van der Waals surface area contributed by atoms with Crippen LogP contribution in [0.5, 0.6) is 0 Å². The van der Waals surface area contributed by atoms with E-state index in [-0.39, 0.29) is 0 Å². The monoisotopic (exact) mass is 303 g/mol. The molecule has 1 unspecified atom stereocenters. The van der Waals surface area contributed by atoms with Crippen LogP contribution >= 0.6 is 0 Å². The summed E-state index contributed by atoms with van der Waals surface area (Å²) in [5.41, 5.74) is 2.22. The minimum atomic E-state index is 0.518. The Morgan fingerprint density at radius 2 is 1.73 bits per heavy atom. The molecule has 22 heavy (non-hydrogen) atoms. The molecule has 0 aromatic carbocycles. The minimum Gasteiger partial charge on any atom is -0.411 e. The van der Waals surface area contributed by atoms with Crippen molar-refractivity contribution in [1.29, 1.82) is 0 Å². The number of hydrogen-bond acceptors (Lipinski definition) is 2. The zero-order chi connectivity index (χ0) is 15.5. The van der Waals surface area contributed by atoms with E-state index in [0.29, 0.717) is 10.8 Å². The van der Waals surface area contributed by atoms with Gasteiger partial charge in [0.15, 0.2) is 0 Å². The fraction of sp³-hybridized carbons (Fsp3) is 0.950. The van der Waals surface area contributed by atoms with E-state index in [0.717, 1.165) is 48.1 Å². The normalized spacial score (nSPS) is 56.3. The van der Waals surface area contributed by atoms with E-state index < -0.39 is 0 Å². The highest BCUT2D eigenvalue weighted by Gasteiger charge is 2.59. The lowest BCUT2D eigenvalue weighted by atomic mass is 9.45. The molecule has 4 aliphatic carbocycles. The first-order valence-corrected chi connectivity index (χ1v) is 9.69. The summed E-state index contributed by atoms with van der Waals surface area (Å²) < 4.78 is 0. The van der Waals surface area contributed by atoms with Gasteiger partial charge in [-0.15, -0.1) is 0 Å². The average molecular weight is 303 g/mol. The van der Waals surface area contributed by atoms with Gasteiger partial charge in [0.2, 0.25) is 0 Å². The van der Waals surface area contributed by atoms with E-state index in [4.69, 9.17) is 0 Å². The van der Waals surface area contributed by atoms with Crippen LogP contribution in [0.4, 0.5) is 0 Å². The van der Waals surface area contributed by atoms with E-state index in [1.54, 1.807) is 0 Å². The molecule has 2 nitrogen and oxygen atoms in total. The van der Waals surface area contributed by atoms with Crippen LogP contribution in [0.3, 0.4) is 0 Å². The highest BCUT2D eigenvalue weighted by Crippen LogP contribution is 2.67. The van der Waals surface area contributed by atoms with Crippen molar-refractivity contribution in [2.45, 2.75) is 78.6 Å². The lowest BCUT2D eigenvalue weighted by molar-refractivity contribution is -0.0993. The summed E-state index contributed by atoms with van der Waals surface area (Å²) in [5, 5.41) is 12.7. The standard InChI is InChI=1S/C20H33NO/c1-13-4-7-17-16-6-5-14-12-15(21-22)8-10-20(14,3)18(16)9-11-19(13,17)2/h13-14,16-18,22H,4-12H2,1-3H3/b21-15+/t13-,14?,16-,17-,18-,19+,20-/m0/s1. The van der Waals surface area contributed by atoms with Crippen molar-refractivity contribution in [1.82, 2.24) is 0 Å². The second-order valence-electron chi connectivity index (χ2n) is 9.55. The highest BCUT2D eigenvalue weighted by atomic mass is 16.4. The molecule has 0 aliphatic heterocycles. The summed E-state index contributed by atoms with van der Waals surface area (Å²) in [6.07, 6.45) is 12.0. The van der Waals surface area contributed by atoms with Gasteiger partial charge in [-0.25, -0.2) is 0 Å². The van der Waals surface area contributed by atoms with Crippen LogP contribution in [0, 0.1) is 40.4 Å². The lowest BCUT2D eigenvalue weighted by Crippen LogP contribution is -2.53. The van der Waals surface area contributed by atoms with Gasteiger partial charge in [0.25, 0.3) is 0 Å². The number of rotatable bonds is 0. The zero-order valence-electron chi connectivity index (χ0n) is 14.6. The molecule has 0 heterocycles. The Hall–Kier alpha value is -0.530. The van der Waals surface area contributed by atoms with E-state index in [9.17, 15) is 5.21 Å². The SMILES string of the molecule is C[C@H]1CC[C@H]2[C@@H]3CCC4C/C(=N/O)CC[C@]4(C)[C@H]3CC[C@]12C. The van der Waals surface area contributed by atoms with Crippen molar-refractivity contribution in [3.05, 3.63) is 0 Å². The molecule has 0 radical (unpaired) electrons. The summed E-state index contributed by atoms with van der Waals surface area (Å²) in [6, 6.07) is 0. The van der Waals surface area contributed by atoms with Gasteiger partial charge in [-0.1, -0.05) is 25.9 Å². The van der Waals surface area contributed by atoms with E-state index in [1.807, 2.05) is 0 Å². The summed E-state index contributed by atoms with van der Waals surface area (Å²) in [7, 11) is 0. The first-order valence-electron chi connectivity index (χ1n) is 9.69. The Bertz CT molecular complexity index is 486. The Labute approximate surface area is 135 Å². The van der Waals surface area contributed by atoms with Gasteiger partial charge in [-0.3, -0.25) is 0 Å². The van der Waals surface area contributed by atoms with Gasteiger partial charge in [-0.2, -0.15) is 0 Å². The van der Waals surface area contributed by atoms with Gasteiger partial charge >= 0.3 is 0 Å². The van der Waals surface area contributed by atoms with Crippen molar-refractivity contribution in [3.63, 3.8) is 0 Å². The molecule has 124 valence electrons. The summed E-state index contributed by atoms with van der Waals surface area (Å²) in [5.74, 6) is 4.62. The molecule has 4 aliphatic rings. The largest absolute Gasteiger partial charge is 0.411 e. The fourth-order valence-corrected chi connectivity index (χ4v) is 7.41. The lowest BCUT2D eigenvalue weighted by Gasteiger charge is -2.60. The third-order valence-corrected chi connectivity index (χ3v) is 9.12. The highest BCUT2D eigenvalue weighted by molar-refractivity contribution is 5.85. The maximum Gasteiger partial charge on any atom is 0.0574 e. The summed E-state index contributed by atoms with van der Waals surface area (Å²) in [6.45, 7) is 7.71. The molecule has 4 saturated carbocycles. The Morgan fingerprint density at radius 1 is 0.955 bits per heavy atom. The maximum atomic E-state index is 9.17. The van der Waals surface area contributed by atoms with Gasteiger partial charge in [0.1, 0.15) is 0 Å². The molecule has 4 rings (SSSR count). The third-order valence-electron chi connectivity index (χ3n) is 9.12. The first-order chi connectivity index (χ1) is 10.5. The van der Waals surface area contributed by atoms with E-state index in [2.05, 4.69) is 25.9 Å². The quantitative estimate of drug-likeness (QED) is 0.465. The number of nitrogens with zero attached hydrogens (tertiary/aromatic N) is 1. The third kappa shape index (κ3) is 1.88. The predicted molar refractivity (Wildman–Crippen MR) is 90.1 cm³/mol. The predicted octanol–water partition coefficient (Wildman–Crippen LogP) is 5.50. The molecule has 4 fully saturated rings. The topological polar surface area (TPSA) is 32.6 Å². The molecule has 2 heteroatoms. The molecule has 7 atom stereocenters. The molecule has 0 aromatic rings. The fourth-order valence-electron chi connectivity index (χ4n) is 7.41. The molecule has 0 amide bonds. The zero-order valence-corrected chi connectivity index (χ0v) is 14.6. The number of fused-ring (bicyclic) bond motifs is 5. The van der Waals surface area contributed by atoms with Crippen LogP contribution in [0.15, 0.2) is 5.16 Å². The summed E-state index contributed by atoms with van der Waals surface area (Å²) >= 11 is 0. The second kappa shape index (κ2) is 4.98. The van der Waals surface area contributed by atoms with E-state index in [1.165, 1.54) is 44.9 Å². The van der Waals surface area contributed by atoms with Crippen molar-refractivity contribution in [3.8, 4) is 0 Å². The van der Waals surface area contributed by atoms with Crippen LogP contribution in [0.2, 0.25) is 0 Å². The maximum absolute atomic E-state index is 9.17. The molecule has 0 bridgehead atoms. The van der Waals surface area contributed by atoms with Gasteiger partial charge < -0.3 is 5.21 Å². The smallest absolute Gasteiger partial charge is 0.0574 e. The van der Waals surface area contributed by atoms with Crippen molar-refractivity contribution in [2.24, 2.45) is 45.6 Å². The Morgan fingerprint density at radius 3 is 2.50 bits per heavy atom. The molecule has 1 N–H and O–H groups in total. The van der Waals surface area contributed by atoms with Crippen LogP contribution in [0.25, 0.3) is 0 Å². The van der Waals surface area contributed by atoms with Gasteiger partial charge in [0, 0.05) is 0 Å². The molecular formula is C20H33NO. The van der Waals surface area contributed by atoms with Crippen molar-refractivity contribution < 1.29 is 5.21 Å². The molecule has 0 spiro atoms. The second-order valence-corrected chi connectivity index (χ2v) is 9.55. The van der Waals surface area contributed by atoms with Gasteiger partial charge in [0.05, 0.1) is 5.71 Å². The number of oxime groups is 1. The minimum absolute atomic E-state index is 0.518. The van der Waals surface area contributed by atoms with Crippen molar-refractivity contribution >= 4 is 5.71 Å².